The minimum atomic E-state index is -0.272. The fourth-order valence-corrected chi connectivity index (χ4v) is 3.70. The Morgan fingerprint density at radius 1 is 1.43 bits per heavy atom. The molecule has 1 atom stereocenters. The third-order valence-corrected chi connectivity index (χ3v) is 5.00. The number of hydrogen-bond donors (Lipinski definition) is 1. The van der Waals surface area contributed by atoms with E-state index in [0.717, 1.165) is 46.4 Å². The van der Waals surface area contributed by atoms with Crippen LogP contribution in [0.4, 0.5) is 4.39 Å². The van der Waals surface area contributed by atoms with Crippen LogP contribution in [0.25, 0.3) is 10.9 Å². The number of hydrogen-bond acceptors (Lipinski definition) is 2. The van der Waals surface area contributed by atoms with Crippen LogP contribution >= 0.6 is 0 Å². The Morgan fingerprint density at radius 3 is 3.00 bits per heavy atom. The first kappa shape index (κ1) is 14.2. The summed E-state index contributed by atoms with van der Waals surface area (Å²) in [7, 11) is 1.91. The number of halogens is 1. The number of benzene rings is 1. The number of Topliss-reactive ketones (excluding diaryl/α,β-unsaturated/α-hetero) is 1. The van der Waals surface area contributed by atoms with E-state index in [1.54, 1.807) is 12.4 Å². The Bertz CT molecular complexity index is 922. The topological polar surface area (TPSA) is 50.7 Å². The molecule has 0 fully saturated rings. The fourth-order valence-electron chi connectivity index (χ4n) is 3.70. The molecule has 1 aliphatic rings. The molecular weight excluding hydrogens is 293 g/mol. The summed E-state index contributed by atoms with van der Waals surface area (Å²) in [5, 5.41) is 0.859. The summed E-state index contributed by atoms with van der Waals surface area (Å²) >= 11 is 0. The molecule has 5 heteroatoms. The third-order valence-electron chi connectivity index (χ3n) is 5.00. The van der Waals surface area contributed by atoms with Crippen LogP contribution in [0.3, 0.4) is 0 Å². The van der Waals surface area contributed by atoms with Gasteiger partial charge in [-0.3, -0.25) is 4.79 Å². The summed E-state index contributed by atoms with van der Waals surface area (Å²) in [4.78, 5) is 20.4. The number of imidazole rings is 1. The molecule has 0 bridgehead atoms. The number of carbonyl (C=O) groups excluding carboxylic acids is 1. The summed E-state index contributed by atoms with van der Waals surface area (Å²) in [6, 6.07) is 4.66. The summed E-state index contributed by atoms with van der Waals surface area (Å²) in [5.74, 6) is -0.169. The van der Waals surface area contributed by atoms with Gasteiger partial charge in [-0.1, -0.05) is 0 Å². The van der Waals surface area contributed by atoms with Gasteiger partial charge in [0.15, 0.2) is 5.78 Å². The van der Waals surface area contributed by atoms with Gasteiger partial charge in [0.05, 0.1) is 17.5 Å². The predicted molar refractivity (Wildman–Crippen MR) is 86.0 cm³/mol. The second-order valence-corrected chi connectivity index (χ2v) is 6.32. The van der Waals surface area contributed by atoms with Crippen molar-refractivity contribution in [2.24, 2.45) is 13.0 Å². The molecule has 23 heavy (non-hydrogen) atoms. The van der Waals surface area contributed by atoms with Crippen molar-refractivity contribution < 1.29 is 9.18 Å². The smallest absolute Gasteiger partial charge is 0.168 e. The molecule has 0 aliphatic heterocycles. The van der Waals surface area contributed by atoms with E-state index < -0.39 is 0 Å². The molecule has 1 N–H and O–H groups in total. The molecule has 0 saturated carbocycles. The first-order valence-corrected chi connectivity index (χ1v) is 7.86. The molecule has 118 valence electrons. The van der Waals surface area contributed by atoms with Crippen molar-refractivity contribution in [3.63, 3.8) is 0 Å². The number of nitrogens with one attached hydrogen (secondary N) is 1. The van der Waals surface area contributed by atoms with Crippen LogP contribution < -0.4 is 0 Å². The first-order chi connectivity index (χ1) is 11.1. The zero-order valence-corrected chi connectivity index (χ0v) is 13.2. The Hall–Kier alpha value is -2.43. The average molecular weight is 311 g/mol. The molecule has 1 unspecified atom stereocenters. The van der Waals surface area contributed by atoms with Gasteiger partial charge in [-0.2, -0.15) is 0 Å². The van der Waals surface area contributed by atoms with E-state index in [0.29, 0.717) is 6.42 Å². The summed E-state index contributed by atoms with van der Waals surface area (Å²) in [6.07, 6.45) is 3.97. The van der Waals surface area contributed by atoms with E-state index in [-0.39, 0.29) is 17.5 Å². The molecule has 0 spiro atoms. The monoisotopic (exact) mass is 311 g/mol. The maximum atomic E-state index is 13.5. The van der Waals surface area contributed by atoms with Gasteiger partial charge in [0, 0.05) is 41.7 Å². The lowest BCUT2D eigenvalue weighted by Gasteiger charge is -2.21. The van der Waals surface area contributed by atoms with Crippen molar-refractivity contribution in [3.8, 4) is 0 Å². The van der Waals surface area contributed by atoms with Crippen molar-refractivity contribution in [1.82, 2.24) is 14.5 Å². The van der Waals surface area contributed by atoms with Gasteiger partial charge in [0.1, 0.15) is 5.82 Å². The van der Waals surface area contributed by atoms with Crippen LogP contribution in [0.5, 0.6) is 0 Å². The SMILES string of the molecule is Cc1[nH]cnc1CC1CCc2c(c3ccc(F)cc3n2C)C1=O. The maximum Gasteiger partial charge on any atom is 0.168 e. The second-order valence-electron chi connectivity index (χ2n) is 6.32. The molecule has 2 aromatic heterocycles. The van der Waals surface area contributed by atoms with Crippen molar-refractivity contribution in [2.75, 3.05) is 0 Å². The first-order valence-electron chi connectivity index (χ1n) is 7.86. The summed E-state index contributed by atoms with van der Waals surface area (Å²) in [5.41, 5.74) is 4.55. The van der Waals surface area contributed by atoms with Crippen molar-refractivity contribution in [2.45, 2.75) is 26.2 Å². The summed E-state index contributed by atoms with van der Waals surface area (Å²) in [6.45, 7) is 1.97. The molecule has 0 saturated heterocycles. The van der Waals surface area contributed by atoms with Crippen LogP contribution in [0.15, 0.2) is 24.5 Å². The molecule has 3 aromatic rings. The standard InChI is InChI=1S/C18H18FN3O/c1-10-14(21-9-20-10)7-11-3-6-15-17(18(11)23)13-5-4-12(19)8-16(13)22(15)2/h4-5,8-9,11H,3,6-7H2,1-2H3,(H,20,21). The van der Waals surface area contributed by atoms with Crippen LogP contribution in [0.1, 0.15) is 33.9 Å². The van der Waals surface area contributed by atoms with E-state index in [9.17, 15) is 9.18 Å². The van der Waals surface area contributed by atoms with Gasteiger partial charge in [-0.25, -0.2) is 9.37 Å². The molecule has 2 heterocycles. The zero-order chi connectivity index (χ0) is 16.1. The van der Waals surface area contributed by atoms with E-state index in [4.69, 9.17) is 0 Å². The Balaban J connectivity index is 1.78. The number of ketones is 1. The van der Waals surface area contributed by atoms with Gasteiger partial charge in [-0.15, -0.1) is 0 Å². The van der Waals surface area contributed by atoms with Gasteiger partial charge >= 0.3 is 0 Å². The Kier molecular flexibility index (Phi) is 3.11. The highest BCUT2D eigenvalue weighted by Crippen LogP contribution is 2.35. The fraction of sp³-hybridized carbons (Fsp3) is 0.333. The normalized spacial score (nSPS) is 17.7. The number of fused-ring (bicyclic) bond motifs is 3. The Morgan fingerprint density at radius 2 is 2.26 bits per heavy atom. The molecule has 1 aliphatic carbocycles. The van der Waals surface area contributed by atoms with E-state index in [1.165, 1.54) is 12.1 Å². The minimum Gasteiger partial charge on any atom is -0.348 e. The highest BCUT2D eigenvalue weighted by molar-refractivity contribution is 6.11. The number of aromatic nitrogens is 3. The van der Waals surface area contributed by atoms with Crippen LogP contribution in [-0.2, 0) is 19.9 Å². The third kappa shape index (κ3) is 2.11. The molecule has 4 nitrogen and oxygen atoms in total. The zero-order valence-electron chi connectivity index (χ0n) is 13.2. The van der Waals surface area contributed by atoms with Gasteiger partial charge in [0.2, 0.25) is 0 Å². The number of aromatic amines is 1. The highest BCUT2D eigenvalue weighted by Gasteiger charge is 2.32. The molecule has 0 amide bonds. The number of nitrogens with zero attached hydrogens (tertiary/aromatic N) is 2. The summed E-state index contributed by atoms with van der Waals surface area (Å²) < 4.78 is 15.5. The van der Waals surface area contributed by atoms with Crippen LogP contribution in [0, 0.1) is 18.7 Å². The Labute approximate surface area is 133 Å². The largest absolute Gasteiger partial charge is 0.348 e. The number of aryl methyl sites for hydroxylation is 2. The average Bonchev–Trinajstić information content (AvgIpc) is 3.05. The van der Waals surface area contributed by atoms with Gasteiger partial charge in [0.25, 0.3) is 0 Å². The second kappa shape index (κ2) is 5.05. The van der Waals surface area contributed by atoms with E-state index in [1.807, 2.05) is 18.5 Å². The maximum absolute atomic E-state index is 13.5. The quantitative estimate of drug-likeness (QED) is 0.789. The highest BCUT2D eigenvalue weighted by atomic mass is 19.1. The van der Waals surface area contributed by atoms with Crippen molar-refractivity contribution >= 4 is 16.7 Å². The lowest BCUT2D eigenvalue weighted by molar-refractivity contribution is 0.0901. The number of rotatable bonds is 2. The van der Waals surface area contributed by atoms with Crippen LogP contribution in [0.2, 0.25) is 0 Å². The van der Waals surface area contributed by atoms with E-state index >= 15 is 0 Å². The van der Waals surface area contributed by atoms with Crippen molar-refractivity contribution in [1.29, 1.82) is 0 Å². The predicted octanol–water partition coefficient (Wildman–Crippen LogP) is 3.34. The molecule has 1 aromatic carbocycles. The van der Waals surface area contributed by atoms with E-state index in [2.05, 4.69) is 9.97 Å². The molecule has 4 rings (SSSR count). The van der Waals surface area contributed by atoms with Gasteiger partial charge < -0.3 is 9.55 Å². The lowest BCUT2D eigenvalue weighted by atomic mass is 9.82. The molecular formula is C18H18FN3O. The minimum absolute atomic E-state index is 0.0554. The van der Waals surface area contributed by atoms with Crippen LogP contribution in [-0.4, -0.2) is 20.3 Å². The lowest BCUT2D eigenvalue weighted by Crippen LogP contribution is -2.25. The number of carbonyl (C=O) groups is 1. The van der Waals surface area contributed by atoms with Crippen molar-refractivity contribution in [3.05, 3.63) is 53.0 Å². The number of H-pyrrole nitrogens is 1. The molecule has 0 radical (unpaired) electrons. The van der Waals surface area contributed by atoms with Gasteiger partial charge in [-0.05, 0) is 38.0 Å².